The van der Waals surface area contributed by atoms with Crippen LogP contribution in [-0.2, 0) is 4.74 Å². The van der Waals surface area contributed by atoms with Crippen molar-refractivity contribution in [2.45, 2.75) is 51.1 Å². The molecule has 1 aromatic heterocycles. The van der Waals surface area contributed by atoms with Gasteiger partial charge in [0.15, 0.2) is 21.7 Å². The number of hydrogen-bond acceptors (Lipinski definition) is 6. The molecular formula is C26H30Cl2N2O3S. The predicted molar refractivity (Wildman–Crippen MR) is 142 cm³/mol. The van der Waals surface area contributed by atoms with Crippen molar-refractivity contribution in [2.24, 2.45) is 0 Å². The number of aromatic nitrogens is 1. The Morgan fingerprint density at radius 1 is 1.32 bits per heavy atom. The number of methoxy groups -OCH3 is 1. The molecule has 0 radical (unpaired) electrons. The van der Waals surface area contributed by atoms with Gasteiger partial charge in [-0.15, -0.1) is 30.2 Å². The molecule has 34 heavy (non-hydrogen) atoms. The minimum atomic E-state index is -0.780. The molecule has 0 saturated carbocycles. The van der Waals surface area contributed by atoms with E-state index in [1.807, 2.05) is 13.0 Å². The highest BCUT2D eigenvalue weighted by molar-refractivity contribution is 7.15. The third-order valence-electron chi connectivity index (χ3n) is 6.15. The summed E-state index contributed by atoms with van der Waals surface area (Å²) in [6.07, 6.45) is 12.5. The highest BCUT2D eigenvalue weighted by atomic mass is 35.5. The predicted octanol–water partition coefficient (Wildman–Crippen LogP) is 6.90. The molecule has 1 unspecified atom stereocenters. The number of terminal acetylenes is 1. The molecule has 0 N–H and O–H groups in total. The first-order chi connectivity index (χ1) is 15.9. The average Bonchev–Trinajstić information content (AvgIpc) is 3.44. The molecule has 2 heterocycles. The summed E-state index contributed by atoms with van der Waals surface area (Å²) in [7, 11) is 1.64. The number of fused-ring (bicyclic) bond motifs is 1. The van der Waals surface area contributed by atoms with Gasteiger partial charge in [0.2, 0.25) is 6.79 Å². The lowest BCUT2D eigenvalue weighted by atomic mass is 9.95. The maximum Gasteiger partial charge on any atom is 0.231 e. The van der Waals surface area contributed by atoms with Gasteiger partial charge in [-0.2, -0.15) is 0 Å². The van der Waals surface area contributed by atoms with E-state index in [-0.39, 0.29) is 25.2 Å². The van der Waals surface area contributed by atoms with Gasteiger partial charge in [-0.3, -0.25) is 0 Å². The Labute approximate surface area is 217 Å². The van der Waals surface area contributed by atoms with Crippen LogP contribution >= 0.6 is 35.3 Å². The van der Waals surface area contributed by atoms with Crippen molar-refractivity contribution >= 4 is 46.0 Å². The van der Waals surface area contributed by atoms with Crippen LogP contribution in [0.25, 0.3) is 5.57 Å². The summed E-state index contributed by atoms with van der Waals surface area (Å²) in [5.74, 6) is 4.40. The second-order valence-corrected chi connectivity index (χ2v) is 10.1. The van der Waals surface area contributed by atoms with E-state index < -0.39 is 5.06 Å². The number of allylic oxidation sites excluding steroid dienone is 2. The van der Waals surface area contributed by atoms with E-state index >= 15 is 0 Å². The zero-order chi connectivity index (χ0) is 23.6. The lowest BCUT2D eigenvalue weighted by molar-refractivity contribution is 0.0962. The number of halogens is 2. The van der Waals surface area contributed by atoms with Gasteiger partial charge in [-0.1, -0.05) is 49.1 Å². The first-order valence-corrected chi connectivity index (χ1v) is 12.3. The van der Waals surface area contributed by atoms with E-state index in [2.05, 4.69) is 49.0 Å². The van der Waals surface area contributed by atoms with Crippen molar-refractivity contribution in [3.8, 4) is 23.8 Å². The minimum absolute atomic E-state index is 0. The molecule has 4 rings (SSSR count). The van der Waals surface area contributed by atoms with E-state index in [1.54, 1.807) is 18.4 Å². The van der Waals surface area contributed by atoms with E-state index in [1.165, 1.54) is 0 Å². The second kappa shape index (κ2) is 11.0. The van der Waals surface area contributed by atoms with Crippen LogP contribution in [-0.4, -0.2) is 30.5 Å². The Kier molecular flexibility index (Phi) is 8.59. The van der Waals surface area contributed by atoms with Crippen LogP contribution in [0.1, 0.15) is 55.3 Å². The van der Waals surface area contributed by atoms with Crippen molar-refractivity contribution in [2.75, 3.05) is 25.3 Å². The quantitative estimate of drug-likeness (QED) is 0.279. The Hall–Kier alpha value is -2.17. The molecule has 2 aliphatic rings. The maximum atomic E-state index is 6.58. The third-order valence-corrected chi connectivity index (χ3v) is 7.77. The molecule has 182 valence electrons. The molecule has 2 atom stereocenters. The van der Waals surface area contributed by atoms with Gasteiger partial charge in [0.05, 0.1) is 18.3 Å². The minimum Gasteiger partial charge on any atom is -0.454 e. The molecule has 5 nitrogen and oxygen atoms in total. The van der Waals surface area contributed by atoms with Gasteiger partial charge < -0.3 is 19.1 Å². The van der Waals surface area contributed by atoms with Gasteiger partial charge in [-0.05, 0) is 49.1 Å². The van der Waals surface area contributed by atoms with Crippen molar-refractivity contribution in [1.29, 1.82) is 0 Å². The summed E-state index contributed by atoms with van der Waals surface area (Å²) in [6, 6.07) is 6.22. The average molecular weight is 522 g/mol. The van der Waals surface area contributed by atoms with Gasteiger partial charge >= 0.3 is 0 Å². The molecule has 8 heteroatoms. The summed E-state index contributed by atoms with van der Waals surface area (Å²) >= 11 is 8.25. The highest BCUT2D eigenvalue weighted by Crippen LogP contribution is 2.42. The van der Waals surface area contributed by atoms with E-state index in [9.17, 15) is 0 Å². The molecule has 0 spiro atoms. The molecule has 2 aromatic rings. The number of anilines is 1. The van der Waals surface area contributed by atoms with Crippen molar-refractivity contribution in [1.82, 2.24) is 4.98 Å². The van der Waals surface area contributed by atoms with Gasteiger partial charge in [0.25, 0.3) is 0 Å². The first-order valence-electron chi connectivity index (χ1n) is 11.1. The summed E-state index contributed by atoms with van der Waals surface area (Å²) in [5, 5.41) is 0.134. The molecule has 1 aliphatic heterocycles. The molecule has 1 aliphatic carbocycles. The molecule has 0 saturated heterocycles. The number of aryl methyl sites for hydroxylation is 1. The standard InChI is InChI=1S/C26H29ClN2O3S.ClH/c1-6-8-21(19-9-10-22-23(15-19)32-16-31-22)29(13-7-2)25-28-24(18(4)33-25)20-11-12-26(27,30-5)17(3)14-20;/h2,9-11,14-15,21H,6,8,12-13,16H2,1,3-5H3;1H/t21-,26?;/m0./s1. The van der Waals surface area contributed by atoms with Crippen LogP contribution < -0.4 is 14.4 Å². The number of hydrogen-bond donors (Lipinski definition) is 0. The molecule has 1 aromatic carbocycles. The fourth-order valence-corrected chi connectivity index (χ4v) is 5.40. The Bertz CT molecular complexity index is 1140. The lowest BCUT2D eigenvalue weighted by Gasteiger charge is -2.30. The van der Waals surface area contributed by atoms with Crippen molar-refractivity contribution < 1.29 is 14.2 Å². The fraction of sp³-hybridized carbons (Fsp3) is 0.423. The number of nitrogens with zero attached hydrogens (tertiary/aromatic N) is 2. The van der Waals surface area contributed by atoms with Gasteiger partial charge in [0.1, 0.15) is 0 Å². The zero-order valence-corrected chi connectivity index (χ0v) is 22.3. The monoisotopic (exact) mass is 520 g/mol. The van der Waals surface area contributed by atoms with Gasteiger partial charge in [-0.25, -0.2) is 4.98 Å². The topological polar surface area (TPSA) is 43.8 Å². The second-order valence-electron chi connectivity index (χ2n) is 8.27. The van der Waals surface area contributed by atoms with Crippen LogP contribution in [0, 0.1) is 19.3 Å². The highest BCUT2D eigenvalue weighted by Gasteiger charge is 2.32. The van der Waals surface area contributed by atoms with Crippen molar-refractivity contribution in [3.05, 3.63) is 52.1 Å². The maximum absolute atomic E-state index is 6.58. The first kappa shape index (κ1) is 26.4. The fourth-order valence-electron chi connectivity index (χ4n) is 4.29. The molecule has 0 bridgehead atoms. The van der Waals surface area contributed by atoms with Crippen LogP contribution in [0.3, 0.4) is 0 Å². The number of rotatable bonds is 8. The van der Waals surface area contributed by atoms with Crippen LogP contribution in [0.5, 0.6) is 11.5 Å². The van der Waals surface area contributed by atoms with Crippen LogP contribution in [0.15, 0.2) is 35.9 Å². The van der Waals surface area contributed by atoms with Crippen LogP contribution in [0.2, 0.25) is 0 Å². The SMILES string of the molecule is C#CCN(c1nc(C2=CCC(Cl)(OC)C(C)=C2)c(C)s1)[C@@H](CCC)c1ccc2c(c1)OCO2.Cl. The molecular weight excluding hydrogens is 491 g/mol. The Balaban J connectivity index is 0.00000324. The Morgan fingerprint density at radius 2 is 2.09 bits per heavy atom. The van der Waals surface area contributed by atoms with Crippen LogP contribution in [0.4, 0.5) is 5.13 Å². The summed E-state index contributed by atoms with van der Waals surface area (Å²) < 4.78 is 16.6. The Morgan fingerprint density at radius 3 is 2.76 bits per heavy atom. The number of alkyl halides is 1. The molecule has 0 amide bonds. The van der Waals surface area contributed by atoms with Crippen molar-refractivity contribution in [3.63, 3.8) is 0 Å². The number of benzene rings is 1. The summed E-state index contributed by atoms with van der Waals surface area (Å²) in [4.78, 5) is 8.42. The smallest absolute Gasteiger partial charge is 0.231 e. The zero-order valence-electron chi connectivity index (χ0n) is 19.9. The third kappa shape index (κ3) is 5.08. The summed E-state index contributed by atoms with van der Waals surface area (Å²) in [6.45, 7) is 7.00. The van der Waals surface area contributed by atoms with Gasteiger partial charge in [0, 0.05) is 18.4 Å². The van der Waals surface area contributed by atoms with E-state index in [4.69, 9.17) is 37.2 Å². The lowest BCUT2D eigenvalue weighted by Crippen LogP contribution is -2.29. The largest absolute Gasteiger partial charge is 0.454 e. The number of ether oxygens (including phenoxy) is 3. The summed E-state index contributed by atoms with van der Waals surface area (Å²) in [5.41, 5.74) is 4.15. The number of thiazole rings is 1. The molecule has 0 fully saturated rings. The van der Waals surface area contributed by atoms with E-state index in [0.29, 0.717) is 13.0 Å². The van der Waals surface area contributed by atoms with E-state index in [0.717, 1.165) is 56.8 Å². The normalized spacial score (nSPS) is 19.5.